The highest BCUT2D eigenvalue weighted by molar-refractivity contribution is 7.14. The Hall–Kier alpha value is -3.23. The third-order valence-corrected chi connectivity index (χ3v) is 7.85. The van der Waals surface area contributed by atoms with E-state index in [0.717, 1.165) is 51.7 Å². The molecule has 0 spiro atoms. The second-order valence-corrected chi connectivity index (χ2v) is 10.5. The molecule has 0 unspecified atom stereocenters. The van der Waals surface area contributed by atoms with Crippen LogP contribution in [0.3, 0.4) is 0 Å². The first-order valence-corrected chi connectivity index (χ1v) is 12.8. The predicted molar refractivity (Wildman–Crippen MR) is 141 cm³/mol. The molecule has 4 aromatic rings. The van der Waals surface area contributed by atoms with Gasteiger partial charge in [0.1, 0.15) is 5.75 Å². The number of hydrogen-bond acceptors (Lipinski definition) is 6. The van der Waals surface area contributed by atoms with Crippen molar-refractivity contribution in [2.75, 3.05) is 40.3 Å². The second kappa shape index (κ2) is 9.43. The molecule has 1 aliphatic rings. The number of rotatable bonds is 5. The Morgan fingerprint density at radius 3 is 2.57 bits per heavy atom. The molecule has 0 atom stereocenters. The highest BCUT2D eigenvalue weighted by Gasteiger charge is 2.27. The Morgan fingerprint density at radius 2 is 1.86 bits per heavy atom. The van der Waals surface area contributed by atoms with Gasteiger partial charge in [-0.2, -0.15) is 5.10 Å². The van der Waals surface area contributed by atoms with E-state index >= 15 is 0 Å². The summed E-state index contributed by atoms with van der Waals surface area (Å²) < 4.78 is 7.29. The molecule has 1 fully saturated rings. The van der Waals surface area contributed by atoms with Gasteiger partial charge in [0.15, 0.2) is 5.69 Å². The molecule has 1 aliphatic heterocycles. The monoisotopic (exact) mass is 489 g/mol. The number of carbonyl (C=O) groups is 1. The summed E-state index contributed by atoms with van der Waals surface area (Å²) in [6, 6.07) is 14.1. The maximum atomic E-state index is 13.5. The fourth-order valence-electron chi connectivity index (χ4n) is 4.47. The van der Waals surface area contributed by atoms with Gasteiger partial charge in [0, 0.05) is 42.0 Å². The average Bonchev–Trinajstić information content (AvgIpc) is 3.46. The zero-order valence-electron chi connectivity index (χ0n) is 20.9. The molecule has 8 heteroatoms. The molecule has 1 saturated heterocycles. The summed E-state index contributed by atoms with van der Waals surface area (Å²) in [5, 5.41) is 6.51. The van der Waals surface area contributed by atoms with Crippen LogP contribution in [0, 0.1) is 6.92 Å². The number of amides is 1. The maximum absolute atomic E-state index is 13.5. The molecule has 7 nitrogen and oxygen atoms in total. The number of piperazine rings is 1. The summed E-state index contributed by atoms with van der Waals surface area (Å²) in [6.45, 7) is 9.56. The molecule has 1 amide bonds. The Morgan fingerprint density at radius 1 is 1.09 bits per heavy atom. The van der Waals surface area contributed by atoms with Crippen molar-refractivity contribution >= 4 is 28.1 Å². The van der Waals surface area contributed by atoms with Crippen molar-refractivity contribution in [2.45, 2.75) is 26.7 Å². The number of carbonyl (C=O) groups excluding carboxylic acids is 1. The number of thiazole rings is 1. The van der Waals surface area contributed by atoms with Crippen LogP contribution in [0.4, 0.5) is 0 Å². The van der Waals surface area contributed by atoms with Crippen LogP contribution >= 0.6 is 11.3 Å². The fourth-order valence-corrected chi connectivity index (χ4v) is 5.53. The zero-order chi connectivity index (χ0) is 24.7. The number of aromatic nitrogens is 3. The van der Waals surface area contributed by atoms with Gasteiger partial charge < -0.3 is 14.5 Å². The second-order valence-electron chi connectivity index (χ2n) is 9.47. The quantitative estimate of drug-likeness (QED) is 0.396. The molecule has 0 aliphatic carbocycles. The van der Waals surface area contributed by atoms with Gasteiger partial charge in [0.05, 0.1) is 18.3 Å². The van der Waals surface area contributed by atoms with Crippen LogP contribution in [-0.4, -0.2) is 70.8 Å². The Labute approximate surface area is 209 Å². The van der Waals surface area contributed by atoms with E-state index in [1.807, 2.05) is 40.8 Å². The fraction of sp³-hybridized carbons (Fsp3) is 0.370. The molecule has 182 valence electrons. The Bertz CT molecular complexity index is 1380. The maximum Gasteiger partial charge on any atom is 0.275 e. The van der Waals surface area contributed by atoms with Crippen molar-refractivity contribution in [3.05, 3.63) is 58.6 Å². The van der Waals surface area contributed by atoms with Crippen LogP contribution in [0.2, 0.25) is 0 Å². The van der Waals surface area contributed by atoms with E-state index in [1.165, 1.54) is 4.88 Å². The van der Waals surface area contributed by atoms with Crippen LogP contribution in [0.15, 0.2) is 42.5 Å². The minimum atomic E-state index is -0.0129. The first kappa shape index (κ1) is 23.5. The van der Waals surface area contributed by atoms with E-state index in [-0.39, 0.29) is 11.8 Å². The average molecular weight is 490 g/mol. The Kier molecular flexibility index (Phi) is 6.34. The molecule has 2 aromatic carbocycles. The number of aryl methyl sites for hydroxylation is 1. The van der Waals surface area contributed by atoms with Crippen LogP contribution in [-0.2, 0) is 0 Å². The summed E-state index contributed by atoms with van der Waals surface area (Å²) >= 11 is 1.63. The number of nitrogens with zero attached hydrogens (tertiary/aromatic N) is 5. The molecule has 0 saturated carbocycles. The standard InChI is InChI=1S/C27H31N5O2S/c1-17(2)25-23(19-7-6-8-20(16-19)34-5)28-27(35-25)32-22-10-9-18(3)15-21(22)24(29-32)26(33)31-13-11-30(4)12-14-31/h6-10,15-17H,11-14H2,1-5H3. The van der Waals surface area contributed by atoms with Gasteiger partial charge in [0.2, 0.25) is 5.13 Å². The molecular formula is C27H31N5O2S. The molecule has 5 rings (SSSR count). The number of fused-ring (bicyclic) bond motifs is 1. The van der Waals surface area contributed by atoms with Gasteiger partial charge in [-0.3, -0.25) is 4.79 Å². The van der Waals surface area contributed by atoms with Crippen LogP contribution in [0.1, 0.15) is 40.7 Å². The number of likely N-dealkylation sites (N-methyl/N-ethyl adjacent to an activating group) is 1. The van der Waals surface area contributed by atoms with Crippen molar-refractivity contribution < 1.29 is 9.53 Å². The molecular weight excluding hydrogens is 458 g/mol. The lowest BCUT2D eigenvalue weighted by molar-refractivity contribution is 0.0659. The van der Waals surface area contributed by atoms with Crippen molar-refractivity contribution in [2.24, 2.45) is 0 Å². The first-order valence-electron chi connectivity index (χ1n) is 12.0. The lowest BCUT2D eigenvalue weighted by Gasteiger charge is -2.32. The summed E-state index contributed by atoms with van der Waals surface area (Å²) in [6.07, 6.45) is 0. The van der Waals surface area contributed by atoms with E-state index in [9.17, 15) is 4.79 Å². The minimum absolute atomic E-state index is 0.0129. The van der Waals surface area contributed by atoms with Gasteiger partial charge in [-0.25, -0.2) is 9.67 Å². The number of hydrogen-bond donors (Lipinski definition) is 0. The van der Waals surface area contributed by atoms with Gasteiger partial charge >= 0.3 is 0 Å². The molecule has 0 radical (unpaired) electrons. The van der Waals surface area contributed by atoms with E-state index in [0.29, 0.717) is 18.8 Å². The third kappa shape index (κ3) is 4.44. The van der Waals surface area contributed by atoms with Crippen molar-refractivity contribution in [1.29, 1.82) is 0 Å². The molecule has 3 heterocycles. The zero-order valence-corrected chi connectivity index (χ0v) is 21.7. The number of ether oxygens (including phenoxy) is 1. The Balaban J connectivity index is 1.63. The summed E-state index contributed by atoms with van der Waals surface area (Å²) in [7, 11) is 3.76. The van der Waals surface area contributed by atoms with Gasteiger partial charge in [-0.1, -0.05) is 48.9 Å². The first-order chi connectivity index (χ1) is 16.9. The molecule has 0 N–H and O–H groups in total. The topological polar surface area (TPSA) is 63.5 Å². The SMILES string of the molecule is COc1cccc(-c2nc(-n3nc(C(=O)N4CCN(C)CC4)c4cc(C)ccc43)sc2C(C)C)c1. The van der Waals surface area contributed by atoms with Gasteiger partial charge in [-0.05, 0) is 44.2 Å². The summed E-state index contributed by atoms with van der Waals surface area (Å²) in [5.41, 5.74) is 4.44. The van der Waals surface area contributed by atoms with Crippen molar-refractivity contribution in [3.63, 3.8) is 0 Å². The summed E-state index contributed by atoms with van der Waals surface area (Å²) in [4.78, 5) is 23.9. The van der Waals surface area contributed by atoms with Crippen LogP contribution < -0.4 is 4.74 Å². The van der Waals surface area contributed by atoms with Gasteiger partial charge in [0.25, 0.3) is 5.91 Å². The third-order valence-electron chi connectivity index (χ3n) is 6.52. The van der Waals surface area contributed by atoms with E-state index in [4.69, 9.17) is 14.8 Å². The van der Waals surface area contributed by atoms with Crippen molar-refractivity contribution in [3.8, 4) is 22.1 Å². The largest absolute Gasteiger partial charge is 0.497 e. The lowest BCUT2D eigenvalue weighted by Crippen LogP contribution is -2.47. The van der Waals surface area contributed by atoms with E-state index < -0.39 is 0 Å². The van der Waals surface area contributed by atoms with Crippen molar-refractivity contribution in [1.82, 2.24) is 24.6 Å². The van der Waals surface area contributed by atoms with Crippen LogP contribution in [0.25, 0.3) is 27.3 Å². The van der Waals surface area contributed by atoms with Gasteiger partial charge in [-0.15, -0.1) is 0 Å². The summed E-state index contributed by atoms with van der Waals surface area (Å²) in [5.74, 6) is 1.07. The normalized spacial score (nSPS) is 14.7. The highest BCUT2D eigenvalue weighted by Crippen LogP contribution is 2.37. The number of benzene rings is 2. The number of methoxy groups -OCH3 is 1. The molecule has 35 heavy (non-hydrogen) atoms. The van der Waals surface area contributed by atoms with Crippen LogP contribution in [0.5, 0.6) is 5.75 Å². The highest BCUT2D eigenvalue weighted by atomic mass is 32.1. The van der Waals surface area contributed by atoms with E-state index in [2.05, 4.69) is 44.0 Å². The minimum Gasteiger partial charge on any atom is -0.497 e. The smallest absolute Gasteiger partial charge is 0.275 e. The molecule has 0 bridgehead atoms. The van der Waals surface area contributed by atoms with E-state index in [1.54, 1.807) is 18.4 Å². The molecule has 2 aromatic heterocycles. The predicted octanol–water partition coefficient (Wildman–Crippen LogP) is 4.98. The lowest BCUT2D eigenvalue weighted by atomic mass is 10.1.